The van der Waals surface area contributed by atoms with Crippen LogP contribution >= 0.6 is 11.5 Å². The zero-order valence-electron chi connectivity index (χ0n) is 11.9. The zero-order chi connectivity index (χ0) is 13.9. The number of hydrogen-bond acceptors (Lipinski definition) is 5. The summed E-state index contributed by atoms with van der Waals surface area (Å²) in [6, 6.07) is 11.1. The molecule has 0 bridgehead atoms. The third-order valence-electron chi connectivity index (χ3n) is 3.77. The van der Waals surface area contributed by atoms with Crippen molar-refractivity contribution in [3.05, 3.63) is 41.7 Å². The van der Waals surface area contributed by atoms with Gasteiger partial charge in [-0.2, -0.15) is 4.37 Å². The fourth-order valence-corrected chi connectivity index (χ4v) is 3.38. The summed E-state index contributed by atoms with van der Waals surface area (Å²) >= 11 is 1.45. The standard InChI is InChI=1S/C15H20N4S/c1-11-8-19(9-13-6-4-3-5-7-13)10-14(11)17-15-16-12(2)18-20-15/h3-7,11,14H,8-10H2,1-2H3,(H,16,17,18). The maximum absolute atomic E-state index is 4.40. The van der Waals surface area contributed by atoms with Gasteiger partial charge in [-0.15, -0.1) is 0 Å². The first-order valence-electron chi connectivity index (χ1n) is 7.04. The molecule has 0 amide bonds. The summed E-state index contributed by atoms with van der Waals surface area (Å²) in [5, 5.41) is 4.48. The molecule has 2 atom stereocenters. The Kier molecular flexibility index (Phi) is 3.98. The number of aromatic nitrogens is 2. The summed E-state index contributed by atoms with van der Waals surface area (Å²) in [6.45, 7) is 7.45. The highest BCUT2D eigenvalue weighted by Gasteiger charge is 2.29. The molecular weight excluding hydrogens is 268 g/mol. The smallest absolute Gasteiger partial charge is 0.202 e. The summed E-state index contributed by atoms with van der Waals surface area (Å²) in [5.74, 6) is 1.48. The van der Waals surface area contributed by atoms with Gasteiger partial charge in [0, 0.05) is 37.2 Å². The molecule has 2 aromatic rings. The van der Waals surface area contributed by atoms with Crippen LogP contribution in [0.2, 0.25) is 0 Å². The number of aryl methyl sites for hydroxylation is 1. The van der Waals surface area contributed by atoms with Gasteiger partial charge in [-0.05, 0) is 18.4 Å². The van der Waals surface area contributed by atoms with Gasteiger partial charge < -0.3 is 5.32 Å². The summed E-state index contributed by atoms with van der Waals surface area (Å²) in [4.78, 5) is 6.90. The number of rotatable bonds is 4. The molecule has 2 heterocycles. The van der Waals surface area contributed by atoms with E-state index >= 15 is 0 Å². The number of nitrogens with zero attached hydrogens (tertiary/aromatic N) is 3. The van der Waals surface area contributed by atoms with Crippen molar-refractivity contribution < 1.29 is 0 Å². The van der Waals surface area contributed by atoms with Crippen LogP contribution < -0.4 is 5.32 Å². The third kappa shape index (κ3) is 3.16. The van der Waals surface area contributed by atoms with Crippen LogP contribution in [0.15, 0.2) is 30.3 Å². The SMILES string of the molecule is Cc1nsc(NC2CN(Cc3ccccc3)CC2C)n1. The van der Waals surface area contributed by atoms with Crippen molar-refractivity contribution in [1.82, 2.24) is 14.3 Å². The van der Waals surface area contributed by atoms with Crippen molar-refractivity contribution in [3.63, 3.8) is 0 Å². The monoisotopic (exact) mass is 288 g/mol. The molecule has 106 valence electrons. The van der Waals surface area contributed by atoms with Crippen LogP contribution in [-0.4, -0.2) is 33.4 Å². The lowest BCUT2D eigenvalue weighted by atomic mass is 10.1. The molecule has 4 nitrogen and oxygen atoms in total. The molecular formula is C15H20N4S. The van der Waals surface area contributed by atoms with Crippen LogP contribution in [0.3, 0.4) is 0 Å². The normalized spacial score (nSPS) is 23.1. The molecule has 1 aliphatic rings. The van der Waals surface area contributed by atoms with Gasteiger partial charge in [-0.1, -0.05) is 37.3 Å². The fourth-order valence-electron chi connectivity index (χ4n) is 2.74. The predicted octanol–water partition coefficient (Wildman–Crippen LogP) is 2.78. The molecule has 0 aliphatic carbocycles. The first kappa shape index (κ1) is 13.5. The molecule has 1 saturated heterocycles. The minimum atomic E-state index is 0.464. The maximum Gasteiger partial charge on any atom is 0.202 e. The zero-order valence-corrected chi connectivity index (χ0v) is 12.7. The fraction of sp³-hybridized carbons (Fsp3) is 0.467. The van der Waals surface area contributed by atoms with Gasteiger partial charge in [0.25, 0.3) is 0 Å². The molecule has 2 unspecified atom stereocenters. The van der Waals surface area contributed by atoms with E-state index in [1.807, 2.05) is 6.92 Å². The van der Waals surface area contributed by atoms with E-state index in [-0.39, 0.29) is 0 Å². The second-order valence-corrected chi connectivity index (χ2v) is 6.31. The number of nitrogens with one attached hydrogen (secondary N) is 1. The first-order valence-corrected chi connectivity index (χ1v) is 7.81. The topological polar surface area (TPSA) is 41.1 Å². The Morgan fingerprint density at radius 2 is 2.10 bits per heavy atom. The van der Waals surface area contributed by atoms with Crippen molar-refractivity contribution in [2.75, 3.05) is 18.4 Å². The Balaban J connectivity index is 1.59. The van der Waals surface area contributed by atoms with Crippen molar-refractivity contribution in [2.24, 2.45) is 5.92 Å². The second kappa shape index (κ2) is 5.89. The molecule has 1 N–H and O–H groups in total. The summed E-state index contributed by atoms with van der Waals surface area (Å²) in [5.41, 5.74) is 1.38. The van der Waals surface area contributed by atoms with Crippen LogP contribution in [0.4, 0.5) is 5.13 Å². The minimum Gasteiger partial charge on any atom is -0.356 e. The Morgan fingerprint density at radius 3 is 2.80 bits per heavy atom. The molecule has 0 saturated carbocycles. The average Bonchev–Trinajstić information content (AvgIpc) is 2.98. The molecule has 1 aromatic carbocycles. The maximum atomic E-state index is 4.40. The van der Waals surface area contributed by atoms with Crippen LogP contribution in [0.1, 0.15) is 18.3 Å². The van der Waals surface area contributed by atoms with E-state index in [4.69, 9.17) is 0 Å². The summed E-state index contributed by atoms with van der Waals surface area (Å²) in [7, 11) is 0. The van der Waals surface area contributed by atoms with Gasteiger partial charge in [0.15, 0.2) is 0 Å². The van der Waals surface area contributed by atoms with Gasteiger partial charge in [-0.3, -0.25) is 4.90 Å². The molecule has 1 fully saturated rings. The number of anilines is 1. The molecule has 3 rings (SSSR count). The van der Waals surface area contributed by atoms with Crippen molar-refractivity contribution in [3.8, 4) is 0 Å². The predicted molar refractivity (Wildman–Crippen MR) is 82.9 cm³/mol. The Bertz CT molecular complexity index is 554. The van der Waals surface area contributed by atoms with Crippen LogP contribution in [0.25, 0.3) is 0 Å². The van der Waals surface area contributed by atoms with Gasteiger partial charge in [0.05, 0.1) is 0 Å². The Labute approximate surface area is 124 Å². The molecule has 0 radical (unpaired) electrons. The van der Waals surface area contributed by atoms with Crippen molar-refractivity contribution in [2.45, 2.75) is 26.4 Å². The number of hydrogen-bond donors (Lipinski definition) is 1. The van der Waals surface area contributed by atoms with Crippen molar-refractivity contribution in [1.29, 1.82) is 0 Å². The minimum absolute atomic E-state index is 0.464. The van der Waals surface area contributed by atoms with Gasteiger partial charge in [0.1, 0.15) is 5.82 Å². The van der Waals surface area contributed by atoms with Gasteiger partial charge in [0.2, 0.25) is 5.13 Å². The summed E-state index contributed by atoms with van der Waals surface area (Å²) in [6.07, 6.45) is 0. The average molecular weight is 288 g/mol. The number of likely N-dealkylation sites (tertiary alicyclic amines) is 1. The largest absolute Gasteiger partial charge is 0.356 e. The van der Waals surface area contributed by atoms with E-state index in [0.717, 1.165) is 30.6 Å². The van der Waals surface area contributed by atoms with Crippen molar-refractivity contribution >= 4 is 16.7 Å². The van der Waals surface area contributed by atoms with E-state index < -0.39 is 0 Å². The Hall–Kier alpha value is -1.46. The quantitative estimate of drug-likeness (QED) is 0.939. The second-order valence-electron chi connectivity index (χ2n) is 5.55. The van der Waals surface area contributed by atoms with E-state index in [0.29, 0.717) is 12.0 Å². The van der Waals surface area contributed by atoms with E-state index in [2.05, 4.69) is 56.8 Å². The lowest BCUT2D eigenvalue weighted by molar-refractivity contribution is 0.319. The van der Waals surface area contributed by atoms with Gasteiger partial charge in [-0.25, -0.2) is 4.98 Å². The highest BCUT2D eigenvalue weighted by atomic mass is 32.1. The van der Waals surface area contributed by atoms with Gasteiger partial charge >= 0.3 is 0 Å². The highest BCUT2D eigenvalue weighted by Crippen LogP contribution is 2.23. The molecule has 20 heavy (non-hydrogen) atoms. The first-order chi connectivity index (χ1) is 9.70. The van der Waals surface area contributed by atoms with Crippen LogP contribution in [0, 0.1) is 12.8 Å². The summed E-state index contributed by atoms with van der Waals surface area (Å²) < 4.78 is 4.22. The lowest BCUT2D eigenvalue weighted by Crippen LogP contribution is -2.27. The van der Waals surface area contributed by atoms with Crippen LogP contribution in [0.5, 0.6) is 0 Å². The molecule has 1 aromatic heterocycles. The lowest BCUT2D eigenvalue weighted by Gasteiger charge is -2.16. The van der Waals surface area contributed by atoms with E-state index in [9.17, 15) is 0 Å². The molecule has 0 spiro atoms. The Morgan fingerprint density at radius 1 is 1.30 bits per heavy atom. The van der Waals surface area contributed by atoms with E-state index in [1.54, 1.807) is 0 Å². The van der Waals surface area contributed by atoms with E-state index in [1.165, 1.54) is 17.1 Å². The molecule has 1 aliphatic heterocycles. The number of benzene rings is 1. The third-order valence-corrected chi connectivity index (χ3v) is 4.51. The highest BCUT2D eigenvalue weighted by molar-refractivity contribution is 7.09. The van der Waals surface area contributed by atoms with Crippen LogP contribution in [-0.2, 0) is 6.54 Å². The molecule has 5 heteroatoms.